The molecule has 0 saturated heterocycles. The van der Waals surface area contributed by atoms with Gasteiger partial charge in [-0.15, -0.1) is 0 Å². The molecule has 4 nitrogen and oxygen atoms in total. The van der Waals surface area contributed by atoms with Crippen LogP contribution in [0.1, 0.15) is 23.7 Å². The van der Waals surface area contributed by atoms with Crippen LogP contribution in [0.4, 0.5) is 0 Å². The van der Waals surface area contributed by atoms with Crippen LogP contribution in [-0.4, -0.2) is 24.0 Å². The van der Waals surface area contributed by atoms with Crippen molar-refractivity contribution in [2.45, 2.75) is 13.3 Å². The average molecular weight is 222 g/mol. The summed E-state index contributed by atoms with van der Waals surface area (Å²) in [6.07, 6.45) is 0.292. The Kier molecular flexibility index (Phi) is 4.05. The van der Waals surface area contributed by atoms with Gasteiger partial charge in [-0.1, -0.05) is 6.92 Å². The molecule has 0 saturated carbocycles. The van der Waals surface area contributed by atoms with Crippen LogP contribution in [0.5, 0.6) is 5.75 Å². The maximum Gasteiger partial charge on any atom is 0.314 e. The van der Waals surface area contributed by atoms with Crippen LogP contribution < -0.4 is 4.74 Å². The summed E-state index contributed by atoms with van der Waals surface area (Å²) in [6.45, 7) is 1.68. The molecule has 1 N–H and O–H groups in total. The van der Waals surface area contributed by atoms with Crippen LogP contribution in [0.3, 0.4) is 0 Å². The van der Waals surface area contributed by atoms with Crippen LogP contribution >= 0.6 is 0 Å². The first-order valence-electron chi connectivity index (χ1n) is 5.01. The van der Waals surface area contributed by atoms with E-state index in [1.54, 1.807) is 31.2 Å². The lowest BCUT2D eigenvalue weighted by Gasteiger charge is -2.08. The van der Waals surface area contributed by atoms with Gasteiger partial charge in [-0.3, -0.25) is 9.59 Å². The van der Waals surface area contributed by atoms with Gasteiger partial charge < -0.3 is 9.84 Å². The smallest absolute Gasteiger partial charge is 0.314 e. The van der Waals surface area contributed by atoms with Crippen LogP contribution in [0.15, 0.2) is 24.3 Å². The summed E-state index contributed by atoms with van der Waals surface area (Å²) in [5.41, 5.74) is 0.398. The third-order valence-electron chi connectivity index (χ3n) is 2.40. The van der Waals surface area contributed by atoms with Crippen molar-refractivity contribution in [3.8, 4) is 5.75 Å². The Balaban J connectivity index is 2.91. The number of ketones is 1. The predicted molar refractivity (Wildman–Crippen MR) is 58.7 cm³/mol. The van der Waals surface area contributed by atoms with Crippen molar-refractivity contribution >= 4 is 11.8 Å². The van der Waals surface area contributed by atoms with Crippen molar-refractivity contribution in [3.63, 3.8) is 0 Å². The topological polar surface area (TPSA) is 63.6 Å². The zero-order valence-corrected chi connectivity index (χ0v) is 9.27. The van der Waals surface area contributed by atoms with E-state index in [-0.39, 0.29) is 5.78 Å². The molecule has 0 radical (unpaired) electrons. The van der Waals surface area contributed by atoms with Gasteiger partial charge in [0, 0.05) is 5.56 Å². The Morgan fingerprint density at radius 1 is 1.31 bits per heavy atom. The van der Waals surface area contributed by atoms with Gasteiger partial charge in [0.05, 0.1) is 7.11 Å². The number of hydrogen-bond acceptors (Lipinski definition) is 3. The highest BCUT2D eigenvalue weighted by Crippen LogP contribution is 2.16. The molecular formula is C12H14O4. The second kappa shape index (κ2) is 5.30. The zero-order chi connectivity index (χ0) is 12.1. The fourth-order valence-corrected chi connectivity index (χ4v) is 1.43. The van der Waals surface area contributed by atoms with Crippen LogP contribution in [-0.2, 0) is 4.79 Å². The monoisotopic (exact) mass is 222 g/mol. The number of Topliss-reactive ketones (excluding diaryl/α,β-unsaturated/α-hetero) is 1. The van der Waals surface area contributed by atoms with E-state index in [0.717, 1.165) is 0 Å². The molecule has 0 amide bonds. The molecule has 0 heterocycles. The fraction of sp³-hybridized carbons (Fsp3) is 0.333. The van der Waals surface area contributed by atoms with E-state index in [1.165, 1.54) is 7.11 Å². The number of hydrogen-bond donors (Lipinski definition) is 1. The lowest BCUT2D eigenvalue weighted by molar-refractivity contribution is -0.140. The minimum absolute atomic E-state index is 0.292. The molecule has 1 aromatic carbocycles. The highest BCUT2D eigenvalue weighted by molar-refractivity contribution is 6.08. The van der Waals surface area contributed by atoms with Crippen molar-refractivity contribution in [2.24, 2.45) is 5.92 Å². The fourth-order valence-electron chi connectivity index (χ4n) is 1.43. The van der Waals surface area contributed by atoms with Crippen molar-refractivity contribution in [1.29, 1.82) is 0 Å². The van der Waals surface area contributed by atoms with Gasteiger partial charge >= 0.3 is 5.97 Å². The molecular weight excluding hydrogens is 208 g/mol. The van der Waals surface area contributed by atoms with Gasteiger partial charge in [0.25, 0.3) is 0 Å². The minimum Gasteiger partial charge on any atom is -0.497 e. The number of carboxylic acids is 1. The van der Waals surface area contributed by atoms with Crippen molar-refractivity contribution in [3.05, 3.63) is 29.8 Å². The summed E-state index contributed by atoms with van der Waals surface area (Å²) in [7, 11) is 1.53. The number of benzene rings is 1. The molecule has 0 unspecified atom stereocenters. The molecule has 1 atom stereocenters. The molecule has 1 aromatic rings. The highest BCUT2D eigenvalue weighted by Gasteiger charge is 2.24. The first-order valence-corrected chi connectivity index (χ1v) is 5.01. The first-order chi connectivity index (χ1) is 7.60. The van der Waals surface area contributed by atoms with Crippen LogP contribution in [0.25, 0.3) is 0 Å². The maximum absolute atomic E-state index is 11.8. The summed E-state index contributed by atoms with van der Waals surface area (Å²) in [5.74, 6) is -1.77. The summed E-state index contributed by atoms with van der Waals surface area (Å²) in [5, 5.41) is 8.86. The van der Waals surface area contributed by atoms with E-state index in [1.807, 2.05) is 0 Å². The van der Waals surface area contributed by atoms with E-state index >= 15 is 0 Å². The predicted octanol–water partition coefficient (Wildman–Crippen LogP) is 1.99. The summed E-state index contributed by atoms with van der Waals surface area (Å²) in [6, 6.07) is 6.43. The minimum atomic E-state index is -1.08. The van der Waals surface area contributed by atoms with Gasteiger partial charge in [-0.25, -0.2) is 0 Å². The molecule has 0 aromatic heterocycles. The van der Waals surface area contributed by atoms with Gasteiger partial charge in [-0.2, -0.15) is 0 Å². The zero-order valence-electron chi connectivity index (χ0n) is 9.27. The molecule has 1 rings (SSSR count). The second-order valence-corrected chi connectivity index (χ2v) is 3.39. The van der Waals surface area contributed by atoms with Crippen LogP contribution in [0, 0.1) is 5.92 Å². The Morgan fingerprint density at radius 3 is 2.25 bits per heavy atom. The quantitative estimate of drug-likeness (QED) is 0.611. The van der Waals surface area contributed by atoms with Crippen molar-refractivity contribution in [2.75, 3.05) is 7.11 Å². The highest BCUT2D eigenvalue weighted by atomic mass is 16.5. The lowest BCUT2D eigenvalue weighted by Crippen LogP contribution is -2.23. The number of methoxy groups -OCH3 is 1. The molecule has 0 bridgehead atoms. The average Bonchev–Trinajstić information content (AvgIpc) is 2.29. The summed E-state index contributed by atoms with van der Waals surface area (Å²) in [4.78, 5) is 22.6. The van der Waals surface area contributed by atoms with Gasteiger partial charge in [-0.05, 0) is 30.7 Å². The Labute approximate surface area is 93.9 Å². The summed E-state index contributed by atoms with van der Waals surface area (Å²) >= 11 is 0. The van der Waals surface area contributed by atoms with E-state index in [2.05, 4.69) is 0 Å². The standard InChI is InChI=1S/C12H14O4/c1-3-10(12(14)15)11(13)8-4-6-9(16-2)7-5-8/h4-7,10H,3H2,1-2H3,(H,14,15)/t10-/m0/s1. The molecule has 16 heavy (non-hydrogen) atoms. The van der Waals surface area contributed by atoms with E-state index < -0.39 is 11.9 Å². The maximum atomic E-state index is 11.8. The number of rotatable bonds is 5. The molecule has 0 aliphatic carbocycles. The normalized spacial score (nSPS) is 11.9. The number of carbonyl (C=O) groups excluding carboxylic acids is 1. The molecule has 0 spiro atoms. The van der Waals surface area contributed by atoms with Gasteiger partial charge in [0.2, 0.25) is 0 Å². The Morgan fingerprint density at radius 2 is 1.88 bits per heavy atom. The summed E-state index contributed by atoms with van der Waals surface area (Å²) < 4.78 is 4.96. The van der Waals surface area contributed by atoms with E-state index in [9.17, 15) is 9.59 Å². The molecule has 0 aliphatic rings. The van der Waals surface area contributed by atoms with Crippen molar-refractivity contribution in [1.82, 2.24) is 0 Å². The first kappa shape index (κ1) is 12.2. The number of aliphatic carboxylic acids is 1. The number of ether oxygens (including phenoxy) is 1. The molecule has 4 heteroatoms. The van der Waals surface area contributed by atoms with Crippen LogP contribution in [0.2, 0.25) is 0 Å². The van der Waals surface area contributed by atoms with Gasteiger partial charge in [0.1, 0.15) is 11.7 Å². The van der Waals surface area contributed by atoms with Crippen molar-refractivity contribution < 1.29 is 19.4 Å². The lowest BCUT2D eigenvalue weighted by atomic mass is 9.95. The largest absolute Gasteiger partial charge is 0.497 e. The molecule has 0 fully saturated rings. The molecule has 86 valence electrons. The van der Waals surface area contributed by atoms with E-state index in [4.69, 9.17) is 9.84 Å². The second-order valence-electron chi connectivity index (χ2n) is 3.39. The Bertz CT molecular complexity index is 381. The Hall–Kier alpha value is -1.84. The van der Waals surface area contributed by atoms with E-state index in [0.29, 0.717) is 17.7 Å². The molecule has 0 aliphatic heterocycles. The number of carbonyl (C=O) groups is 2. The van der Waals surface area contributed by atoms with Gasteiger partial charge in [0.15, 0.2) is 5.78 Å². The third kappa shape index (κ3) is 2.59. The third-order valence-corrected chi connectivity index (χ3v) is 2.40. The SMILES string of the molecule is CC[C@H](C(=O)O)C(=O)c1ccc(OC)cc1. The number of carboxylic acid groups (broad SMARTS) is 1.